The Bertz CT molecular complexity index is 1110. The molecular formula is C22H27N5O4. The molecule has 1 aliphatic rings. The summed E-state index contributed by atoms with van der Waals surface area (Å²) in [6.07, 6.45) is 3.89. The summed E-state index contributed by atoms with van der Waals surface area (Å²) in [6, 6.07) is 5.43. The highest BCUT2D eigenvalue weighted by Crippen LogP contribution is 2.36. The minimum absolute atomic E-state index is 0.193. The minimum atomic E-state index is -0.600. The summed E-state index contributed by atoms with van der Waals surface area (Å²) >= 11 is 0. The first-order valence-electron chi connectivity index (χ1n) is 10.2. The lowest BCUT2D eigenvalue weighted by molar-refractivity contribution is 0.0635. The van der Waals surface area contributed by atoms with Crippen LogP contribution in [0.15, 0.2) is 30.6 Å². The van der Waals surface area contributed by atoms with Crippen LogP contribution in [0.1, 0.15) is 38.9 Å². The summed E-state index contributed by atoms with van der Waals surface area (Å²) in [5, 5.41) is 2.73. The lowest BCUT2D eigenvalue weighted by atomic mass is 10.1. The van der Waals surface area contributed by atoms with Crippen molar-refractivity contribution in [2.75, 3.05) is 31.4 Å². The quantitative estimate of drug-likeness (QED) is 0.653. The summed E-state index contributed by atoms with van der Waals surface area (Å²) in [5.74, 6) is 1.97. The Balaban J connectivity index is 1.74. The maximum Gasteiger partial charge on any atom is 0.412 e. The summed E-state index contributed by atoms with van der Waals surface area (Å²) in [7, 11) is 1.54. The van der Waals surface area contributed by atoms with Crippen LogP contribution >= 0.6 is 0 Å². The van der Waals surface area contributed by atoms with Gasteiger partial charge in [-0.25, -0.2) is 14.8 Å². The molecule has 9 nitrogen and oxygen atoms in total. The Morgan fingerprint density at radius 2 is 2.16 bits per heavy atom. The highest BCUT2D eigenvalue weighted by atomic mass is 16.6. The molecule has 0 aliphatic carbocycles. The molecule has 0 unspecified atom stereocenters. The van der Waals surface area contributed by atoms with E-state index >= 15 is 0 Å². The highest BCUT2D eigenvalue weighted by molar-refractivity contribution is 5.90. The summed E-state index contributed by atoms with van der Waals surface area (Å²) in [6.45, 7) is 6.77. The molecule has 3 heterocycles. The van der Waals surface area contributed by atoms with Crippen LogP contribution in [0.2, 0.25) is 0 Å². The maximum atomic E-state index is 12.2. The number of nitrogens with one attached hydrogen (secondary N) is 1. The largest absolute Gasteiger partial charge is 0.495 e. The number of nitrogens with zero attached hydrogens (tertiary/aromatic N) is 3. The van der Waals surface area contributed by atoms with Gasteiger partial charge in [0, 0.05) is 30.5 Å². The van der Waals surface area contributed by atoms with E-state index in [1.807, 2.05) is 43.5 Å². The van der Waals surface area contributed by atoms with Gasteiger partial charge < -0.3 is 19.9 Å². The average Bonchev–Trinajstić information content (AvgIpc) is 3.35. The first-order valence-corrected chi connectivity index (χ1v) is 10.2. The number of methoxy groups -OCH3 is 1. The number of fused-ring (bicyclic) bond motifs is 1. The van der Waals surface area contributed by atoms with Gasteiger partial charge in [-0.05, 0) is 39.3 Å². The summed E-state index contributed by atoms with van der Waals surface area (Å²) in [4.78, 5) is 21.3. The van der Waals surface area contributed by atoms with Gasteiger partial charge in [0.1, 0.15) is 34.2 Å². The van der Waals surface area contributed by atoms with Crippen molar-refractivity contribution in [1.82, 2.24) is 14.4 Å². The van der Waals surface area contributed by atoms with Crippen LogP contribution < -0.4 is 15.8 Å². The Morgan fingerprint density at radius 3 is 2.84 bits per heavy atom. The lowest BCUT2D eigenvalue weighted by Crippen LogP contribution is -2.27. The lowest BCUT2D eigenvalue weighted by Gasteiger charge is -2.20. The van der Waals surface area contributed by atoms with Gasteiger partial charge in [-0.3, -0.25) is 9.72 Å². The fraction of sp³-hybridized carbons (Fsp3) is 0.409. The molecule has 2 aromatic heterocycles. The fourth-order valence-electron chi connectivity index (χ4n) is 3.67. The highest BCUT2D eigenvalue weighted by Gasteiger charge is 2.26. The van der Waals surface area contributed by atoms with Crippen molar-refractivity contribution < 1.29 is 19.0 Å². The van der Waals surface area contributed by atoms with Gasteiger partial charge in [-0.15, -0.1) is 0 Å². The van der Waals surface area contributed by atoms with Gasteiger partial charge in [0.05, 0.1) is 19.4 Å². The number of hydrogen-bond acceptors (Lipinski definition) is 7. The molecule has 164 valence electrons. The molecule has 1 aromatic carbocycles. The Hall–Kier alpha value is -3.33. The van der Waals surface area contributed by atoms with Gasteiger partial charge >= 0.3 is 6.09 Å². The van der Waals surface area contributed by atoms with Crippen molar-refractivity contribution in [2.45, 2.75) is 38.7 Å². The van der Waals surface area contributed by atoms with E-state index in [1.165, 1.54) is 0 Å². The predicted octanol–water partition coefficient (Wildman–Crippen LogP) is 3.84. The molecule has 1 aliphatic heterocycles. The number of carbonyl (C=O) groups excluding carboxylic acids is 1. The molecule has 1 saturated heterocycles. The van der Waals surface area contributed by atoms with Crippen LogP contribution in [0.3, 0.4) is 0 Å². The zero-order valence-corrected chi connectivity index (χ0v) is 18.1. The third-order valence-corrected chi connectivity index (χ3v) is 5.02. The number of imidazole rings is 1. The number of nitrogen functional groups attached to an aromatic ring is 1. The van der Waals surface area contributed by atoms with Crippen LogP contribution in [0.25, 0.3) is 16.8 Å². The Morgan fingerprint density at radius 1 is 1.35 bits per heavy atom. The molecule has 31 heavy (non-hydrogen) atoms. The number of rotatable bonds is 4. The normalized spacial score (nSPS) is 16.5. The summed E-state index contributed by atoms with van der Waals surface area (Å²) in [5.41, 5.74) is 8.36. The minimum Gasteiger partial charge on any atom is -0.495 e. The number of amides is 1. The van der Waals surface area contributed by atoms with Gasteiger partial charge in [0.15, 0.2) is 0 Å². The molecule has 0 bridgehead atoms. The first-order chi connectivity index (χ1) is 14.8. The van der Waals surface area contributed by atoms with Crippen LogP contribution in [-0.4, -0.2) is 46.4 Å². The van der Waals surface area contributed by atoms with Gasteiger partial charge in [0.25, 0.3) is 0 Å². The third-order valence-electron chi connectivity index (χ3n) is 5.02. The van der Waals surface area contributed by atoms with Gasteiger partial charge in [0.2, 0.25) is 0 Å². The van der Waals surface area contributed by atoms with Crippen LogP contribution in [0.4, 0.5) is 16.3 Å². The van der Waals surface area contributed by atoms with Crippen LogP contribution in [-0.2, 0) is 9.47 Å². The van der Waals surface area contributed by atoms with Crippen molar-refractivity contribution in [3.63, 3.8) is 0 Å². The second-order valence-electron chi connectivity index (χ2n) is 8.45. The molecule has 3 aromatic rings. The smallest absolute Gasteiger partial charge is 0.412 e. The molecule has 9 heteroatoms. The van der Waals surface area contributed by atoms with Crippen molar-refractivity contribution in [3.8, 4) is 17.0 Å². The Labute approximate surface area is 180 Å². The number of carbonyl (C=O) groups is 1. The van der Waals surface area contributed by atoms with E-state index in [2.05, 4.69) is 10.3 Å². The first kappa shape index (κ1) is 20.9. The molecule has 4 rings (SSSR count). The SMILES string of the molecule is COc1cc(-c2nc([C@H]3CCOC3)n3ccnc(N)c23)ccc1NC(=O)OC(C)(C)C. The van der Waals surface area contributed by atoms with Gasteiger partial charge in [-0.2, -0.15) is 0 Å². The maximum absolute atomic E-state index is 12.2. The van der Waals surface area contributed by atoms with Crippen molar-refractivity contribution in [1.29, 1.82) is 0 Å². The topological polar surface area (TPSA) is 113 Å². The second kappa shape index (κ2) is 8.07. The molecule has 1 atom stereocenters. The molecule has 0 radical (unpaired) electrons. The zero-order valence-electron chi connectivity index (χ0n) is 18.1. The summed E-state index contributed by atoms with van der Waals surface area (Å²) < 4.78 is 18.4. The standard InChI is InChI=1S/C22H27N5O4/c1-22(2,3)31-21(28)25-15-6-5-13(11-16(15)29-4)17-18-19(23)24-8-9-27(18)20(26-17)14-7-10-30-12-14/h5-6,8-9,11,14H,7,10,12H2,1-4H3,(H2,23,24)(H,25,28)/t14-/m0/s1. The molecule has 1 fully saturated rings. The molecule has 3 N–H and O–H groups in total. The zero-order chi connectivity index (χ0) is 22.2. The van der Waals surface area contributed by atoms with E-state index in [0.717, 1.165) is 23.3 Å². The molecule has 0 spiro atoms. The van der Waals surface area contributed by atoms with E-state index in [4.69, 9.17) is 24.9 Å². The second-order valence-corrected chi connectivity index (χ2v) is 8.45. The van der Waals surface area contributed by atoms with Crippen molar-refractivity contribution in [2.24, 2.45) is 0 Å². The molecule has 0 saturated carbocycles. The van der Waals surface area contributed by atoms with E-state index in [9.17, 15) is 4.79 Å². The Kier molecular flexibility index (Phi) is 5.45. The van der Waals surface area contributed by atoms with Crippen LogP contribution in [0, 0.1) is 0 Å². The number of benzene rings is 1. The van der Waals surface area contributed by atoms with E-state index in [1.54, 1.807) is 19.4 Å². The average molecular weight is 425 g/mol. The van der Waals surface area contributed by atoms with Crippen LogP contribution in [0.5, 0.6) is 5.75 Å². The predicted molar refractivity (Wildman–Crippen MR) is 117 cm³/mol. The number of anilines is 2. The van der Waals surface area contributed by atoms with E-state index < -0.39 is 11.7 Å². The van der Waals surface area contributed by atoms with E-state index in [-0.39, 0.29) is 5.92 Å². The van der Waals surface area contributed by atoms with E-state index in [0.29, 0.717) is 36.2 Å². The van der Waals surface area contributed by atoms with Crippen molar-refractivity contribution in [3.05, 3.63) is 36.4 Å². The molecule has 1 amide bonds. The third kappa shape index (κ3) is 4.27. The number of nitrogens with two attached hydrogens (primary N) is 1. The number of aromatic nitrogens is 3. The number of ether oxygens (including phenoxy) is 3. The number of hydrogen-bond donors (Lipinski definition) is 2. The monoisotopic (exact) mass is 425 g/mol. The molecular weight excluding hydrogens is 398 g/mol. The van der Waals surface area contributed by atoms with Gasteiger partial charge in [-0.1, -0.05) is 6.07 Å². The fourth-order valence-corrected chi connectivity index (χ4v) is 3.67. The van der Waals surface area contributed by atoms with Crippen molar-refractivity contribution >= 4 is 23.1 Å².